The summed E-state index contributed by atoms with van der Waals surface area (Å²) in [5.74, 6) is 0.511. The average molecular weight is 410 g/mol. The summed E-state index contributed by atoms with van der Waals surface area (Å²) in [4.78, 5) is 16.8. The number of carbonyl (C=O) groups is 1. The molecule has 136 valence electrons. The highest BCUT2D eigenvalue weighted by molar-refractivity contribution is 6.36. The fourth-order valence-corrected chi connectivity index (χ4v) is 4.19. The lowest BCUT2D eigenvalue weighted by Gasteiger charge is -2.43. The molecule has 4 rings (SSSR count). The van der Waals surface area contributed by atoms with E-state index in [-0.39, 0.29) is 17.9 Å². The SMILES string of the molecule is O=C(C1CC1)N1CCN(c2ccc(Cl)cc2Cl)C(c2ccc(Cl)cc2)C1. The van der Waals surface area contributed by atoms with Gasteiger partial charge in [-0.2, -0.15) is 0 Å². The monoisotopic (exact) mass is 408 g/mol. The summed E-state index contributed by atoms with van der Waals surface area (Å²) in [6.45, 7) is 2.08. The molecular formula is C20H19Cl3N2O. The van der Waals surface area contributed by atoms with Gasteiger partial charge < -0.3 is 9.80 Å². The topological polar surface area (TPSA) is 23.6 Å². The molecule has 0 N–H and O–H groups in total. The first kappa shape index (κ1) is 18.0. The van der Waals surface area contributed by atoms with E-state index >= 15 is 0 Å². The molecule has 1 aliphatic carbocycles. The first-order chi connectivity index (χ1) is 12.5. The van der Waals surface area contributed by atoms with Crippen molar-refractivity contribution < 1.29 is 4.79 Å². The van der Waals surface area contributed by atoms with Crippen molar-refractivity contribution in [3.63, 3.8) is 0 Å². The number of piperazine rings is 1. The smallest absolute Gasteiger partial charge is 0.225 e. The molecule has 26 heavy (non-hydrogen) atoms. The fraction of sp³-hybridized carbons (Fsp3) is 0.350. The van der Waals surface area contributed by atoms with Crippen LogP contribution in [-0.2, 0) is 4.79 Å². The number of hydrogen-bond donors (Lipinski definition) is 0. The third-order valence-corrected chi connectivity index (χ3v) is 5.88. The molecule has 1 unspecified atom stereocenters. The second kappa shape index (κ2) is 7.30. The second-order valence-corrected chi connectivity index (χ2v) is 8.20. The van der Waals surface area contributed by atoms with Crippen molar-refractivity contribution in [2.24, 2.45) is 5.92 Å². The van der Waals surface area contributed by atoms with Crippen molar-refractivity contribution in [3.8, 4) is 0 Å². The Hall–Kier alpha value is -1.42. The van der Waals surface area contributed by atoms with Gasteiger partial charge in [0, 0.05) is 35.6 Å². The van der Waals surface area contributed by atoms with Gasteiger partial charge in [-0.05, 0) is 48.7 Å². The van der Waals surface area contributed by atoms with Crippen LogP contribution >= 0.6 is 34.8 Å². The minimum absolute atomic E-state index is 0.0300. The number of amides is 1. The van der Waals surface area contributed by atoms with E-state index in [1.54, 1.807) is 6.07 Å². The zero-order chi connectivity index (χ0) is 18.3. The van der Waals surface area contributed by atoms with E-state index in [0.717, 1.165) is 30.6 Å². The standard InChI is InChI=1S/C20H19Cl3N2O/c21-15-5-3-13(4-6-15)19-12-24(20(26)14-1-2-14)9-10-25(19)18-8-7-16(22)11-17(18)23/h3-8,11,14,19H,1-2,9-10,12H2. The summed E-state index contributed by atoms with van der Waals surface area (Å²) in [5, 5.41) is 1.94. The van der Waals surface area contributed by atoms with E-state index in [1.807, 2.05) is 41.3 Å². The number of hydrogen-bond acceptors (Lipinski definition) is 2. The van der Waals surface area contributed by atoms with Crippen molar-refractivity contribution in [1.82, 2.24) is 4.90 Å². The summed E-state index contributed by atoms with van der Waals surface area (Å²) in [7, 11) is 0. The van der Waals surface area contributed by atoms with Gasteiger partial charge in [0.15, 0.2) is 0 Å². The van der Waals surface area contributed by atoms with Gasteiger partial charge in [-0.15, -0.1) is 0 Å². The first-order valence-corrected chi connectivity index (χ1v) is 9.92. The van der Waals surface area contributed by atoms with Gasteiger partial charge in [-0.25, -0.2) is 0 Å². The van der Waals surface area contributed by atoms with E-state index < -0.39 is 0 Å². The van der Waals surface area contributed by atoms with E-state index in [1.165, 1.54) is 0 Å². The van der Waals surface area contributed by atoms with Crippen LogP contribution < -0.4 is 4.90 Å². The van der Waals surface area contributed by atoms with Crippen molar-refractivity contribution in [1.29, 1.82) is 0 Å². The third-order valence-electron chi connectivity index (χ3n) is 5.09. The first-order valence-electron chi connectivity index (χ1n) is 8.79. The van der Waals surface area contributed by atoms with E-state index in [2.05, 4.69) is 4.90 Å². The number of rotatable bonds is 3. The molecule has 2 aromatic rings. The maximum Gasteiger partial charge on any atom is 0.225 e. The minimum atomic E-state index is 0.0300. The van der Waals surface area contributed by atoms with Crippen molar-refractivity contribution in [3.05, 3.63) is 63.1 Å². The maximum atomic E-state index is 12.6. The molecule has 1 heterocycles. The predicted molar refractivity (Wildman–Crippen MR) is 107 cm³/mol. The third kappa shape index (κ3) is 3.66. The lowest BCUT2D eigenvalue weighted by molar-refractivity contribution is -0.133. The molecule has 2 aromatic carbocycles. The van der Waals surface area contributed by atoms with Crippen LogP contribution in [0.15, 0.2) is 42.5 Å². The molecule has 0 spiro atoms. The zero-order valence-corrected chi connectivity index (χ0v) is 16.4. The van der Waals surface area contributed by atoms with Gasteiger partial charge in [-0.3, -0.25) is 4.79 Å². The van der Waals surface area contributed by atoms with Crippen LogP contribution in [0.25, 0.3) is 0 Å². The highest BCUT2D eigenvalue weighted by atomic mass is 35.5. The van der Waals surface area contributed by atoms with Gasteiger partial charge in [0.2, 0.25) is 5.91 Å². The molecule has 3 nitrogen and oxygen atoms in total. The molecular weight excluding hydrogens is 391 g/mol. The molecule has 6 heteroatoms. The van der Waals surface area contributed by atoms with Crippen LogP contribution in [0.5, 0.6) is 0 Å². The fourth-order valence-electron chi connectivity index (χ4n) is 3.54. The lowest BCUT2D eigenvalue weighted by Crippen LogP contribution is -2.51. The molecule has 2 aliphatic rings. The molecule has 0 radical (unpaired) electrons. The highest BCUT2D eigenvalue weighted by Gasteiger charge is 2.38. The molecule has 1 atom stereocenters. The minimum Gasteiger partial charge on any atom is -0.360 e. The van der Waals surface area contributed by atoms with Crippen LogP contribution in [0, 0.1) is 5.92 Å². The summed E-state index contributed by atoms with van der Waals surface area (Å²) < 4.78 is 0. The van der Waals surface area contributed by atoms with Crippen LogP contribution in [0.3, 0.4) is 0 Å². The Bertz CT molecular complexity index is 820. The van der Waals surface area contributed by atoms with Gasteiger partial charge in [0.05, 0.1) is 16.8 Å². The zero-order valence-electron chi connectivity index (χ0n) is 14.2. The predicted octanol–water partition coefficient (Wildman–Crippen LogP) is 5.45. The second-order valence-electron chi connectivity index (χ2n) is 6.92. The number of benzene rings is 2. The normalized spacial score (nSPS) is 20.3. The molecule has 0 aromatic heterocycles. The number of carbonyl (C=O) groups excluding carboxylic acids is 1. The Morgan fingerprint density at radius 1 is 0.923 bits per heavy atom. The average Bonchev–Trinajstić information content (AvgIpc) is 3.47. The molecule has 1 saturated heterocycles. The van der Waals surface area contributed by atoms with Crippen molar-refractivity contribution in [2.45, 2.75) is 18.9 Å². The van der Waals surface area contributed by atoms with Crippen molar-refractivity contribution in [2.75, 3.05) is 24.5 Å². The van der Waals surface area contributed by atoms with Gasteiger partial charge >= 0.3 is 0 Å². The Kier molecular flexibility index (Phi) is 5.05. The quantitative estimate of drug-likeness (QED) is 0.673. The Morgan fingerprint density at radius 2 is 1.62 bits per heavy atom. The molecule has 2 fully saturated rings. The van der Waals surface area contributed by atoms with E-state index in [0.29, 0.717) is 28.2 Å². The van der Waals surface area contributed by atoms with Gasteiger partial charge in [-0.1, -0.05) is 46.9 Å². The van der Waals surface area contributed by atoms with Gasteiger partial charge in [0.1, 0.15) is 0 Å². The summed E-state index contributed by atoms with van der Waals surface area (Å²) in [6.07, 6.45) is 2.04. The molecule has 1 amide bonds. The Labute approximate surface area is 168 Å². The molecule has 1 saturated carbocycles. The van der Waals surface area contributed by atoms with Gasteiger partial charge in [0.25, 0.3) is 0 Å². The summed E-state index contributed by atoms with van der Waals surface area (Å²) in [6, 6.07) is 13.4. The van der Waals surface area contributed by atoms with Crippen molar-refractivity contribution >= 4 is 46.4 Å². The lowest BCUT2D eigenvalue weighted by atomic mass is 10.0. The molecule has 0 bridgehead atoms. The van der Waals surface area contributed by atoms with E-state index in [4.69, 9.17) is 34.8 Å². The Balaban J connectivity index is 1.67. The van der Waals surface area contributed by atoms with Crippen LogP contribution in [0.1, 0.15) is 24.4 Å². The molecule has 1 aliphatic heterocycles. The van der Waals surface area contributed by atoms with Crippen LogP contribution in [-0.4, -0.2) is 30.4 Å². The van der Waals surface area contributed by atoms with Crippen LogP contribution in [0.4, 0.5) is 5.69 Å². The number of anilines is 1. The van der Waals surface area contributed by atoms with E-state index in [9.17, 15) is 4.79 Å². The van der Waals surface area contributed by atoms with Crippen LogP contribution in [0.2, 0.25) is 15.1 Å². The summed E-state index contributed by atoms with van der Waals surface area (Å²) >= 11 is 18.6. The summed E-state index contributed by atoms with van der Waals surface area (Å²) in [5.41, 5.74) is 2.06. The highest BCUT2D eigenvalue weighted by Crippen LogP contribution is 2.38. The number of halogens is 3. The Morgan fingerprint density at radius 3 is 2.27 bits per heavy atom. The largest absolute Gasteiger partial charge is 0.360 e. The number of nitrogens with zero attached hydrogens (tertiary/aromatic N) is 2. The maximum absolute atomic E-state index is 12.6.